The molecule has 0 aliphatic heterocycles. The number of hydrogen-bond acceptors (Lipinski definition) is 2. The minimum atomic E-state index is -0.276. The predicted octanol–water partition coefficient (Wildman–Crippen LogP) is 2.50. The third kappa shape index (κ3) is 3.79. The zero-order valence-corrected chi connectivity index (χ0v) is 9.38. The molecule has 0 spiro atoms. The van der Waals surface area contributed by atoms with Crippen LogP contribution in [0.25, 0.3) is 0 Å². The average Bonchev–Trinajstić information content (AvgIpc) is 2.31. The number of esters is 1. The van der Waals surface area contributed by atoms with Crippen molar-refractivity contribution in [3.8, 4) is 11.8 Å². The van der Waals surface area contributed by atoms with Crippen LogP contribution in [-0.2, 0) is 9.53 Å². The van der Waals surface area contributed by atoms with Crippen molar-refractivity contribution < 1.29 is 9.53 Å². The lowest BCUT2D eigenvalue weighted by atomic mass is 9.99. The van der Waals surface area contributed by atoms with Gasteiger partial charge in [-0.3, -0.25) is 4.79 Å². The first kappa shape index (κ1) is 11.8. The zero-order valence-electron chi connectivity index (χ0n) is 9.38. The van der Waals surface area contributed by atoms with E-state index in [2.05, 4.69) is 29.1 Å². The Morgan fingerprint density at radius 1 is 1.67 bits per heavy atom. The zero-order chi connectivity index (χ0) is 11.1. The van der Waals surface area contributed by atoms with E-state index in [1.165, 1.54) is 7.11 Å². The van der Waals surface area contributed by atoms with Crippen molar-refractivity contribution in [2.75, 3.05) is 7.11 Å². The van der Waals surface area contributed by atoms with Gasteiger partial charge in [0.2, 0.25) is 0 Å². The molecule has 2 heteroatoms. The van der Waals surface area contributed by atoms with E-state index in [9.17, 15) is 4.79 Å². The van der Waals surface area contributed by atoms with Crippen LogP contribution in [0.15, 0.2) is 11.6 Å². The molecule has 0 aromatic heterocycles. The Balaban J connectivity index is 2.61. The minimum Gasteiger partial charge on any atom is -0.468 e. The summed E-state index contributed by atoms with van der Waals surface area (Å²) in [6, 6.07) is 0. The van der Waals surface area contributed by atoms with Crippen molar-refractivity contribution >= 4 is 5.97 Å². The number of allylic oxidation sites excluding steroid dienone is 2. The van der Waals surface area contributed by atoms with Gasteiger partial charge in [0.15, 0.2) is 0 Å². The Bertz CT molecular complexity index is 304. The molecule has 0 aromatic carbocycles. The topological polar surface area (TPSA) is 26.3 Å². The van der Waals surface area contributed by atoms with Gasteiger partial charge >= 0.3 is 5.97 Å². The second-order valence-corrected chi connectivity index (χ2v) is 3.55. The molecule has 1 rings (SSSR count). The van der Waals surface area contributed by atoms with Crippen molar-refractivity contribution in [3.05, 3.63) is 18.1 Å². The molecule has 0 fully saturated rings. The molecule has 15 heavy (non-hydrogen) atoms. The second kappa shape index (κ2) is 6.29. The van der Waals surface area contributed by atoms with Gasteiger partial charge in [-0.05, 0) is 37.7 Å². The second-order valence-electron chi connectivity index (χ2n) is 3.55. The molecule has 0 bridgehead atoms. The Hall–Kier alpha value is -1.23. The van der Waals surface area contributed by atoms with Crippen molar-refractivity contribution in [1.29, 1.82) is 0 Å². The summed E-state index contributed by atoms with van der Waals surface area (Å²) < 4.78 is 4.68. The summed E-state index contributed by atoms with van der Waals surface area (Å²) in [5, 5.41) is 0. The summed E-state index contributed by atoms with van der Waals surface area (Å²) in [6.45, 7) is 1.94. The van der Waals surface area contributed by atoms with Crippen LogP contribution in [0.1, 0.15) is 32.6 Å². The number of ether oxygens (including phenoxy) is 1. The average molecular weight is 205 g/mol. The molecule has 1 unspecified atom stereocenters. The maximum atomic E-state index is 11.3. The summed E-state index contributed by atoms with van der Waals surface area (Å²) in [5.74, 6) is 5.56. The summed E-state index contributed by atoms with van der Waals surface area (Å²) >= 11 is 0. The van der Waals surface area contributed by atoms with E-state index in [1.807, 2.05) is 6.92 Å². The van der Waals surface area contributed by atoms with Gasteiger partial charge in [-0.15, -0.1) is 0 Å². The summed E-state index contributed by atoms with van der Waals surface area (Å²) in [4.78, 5) is 11.3. The van der Waals surface area contributed by atoms with Crippen LogP contribution in [-0.4, -0.2) is 13.1 Å². The fourth-order valence-electron chi connectivity index (χ4n) is 1.47. The van der Waals surface area contributed by atoms with Gasteiger partial charge in [0.1, 0.15) is 5.92 Å². The Morgan fingerprint density at radius 3 is 3.00 bits per heavy atom. The molecule has 1 radical (unpaired) electrons. The third-order valence-corrected chi connectivity index (χ3v) is 2.45. The highest BCUT2D eigenvalue weighted by Gasteiger charge is 2.13. The Morgan fingerprint density at radius 2 is 2.47 bits per heavy atom. The van der Waals surface area contributed by atoms with E-state index < -0.39 is 0 Å². The minimum absolute atomic E-state index is 0.229. The van der Waals surface area contributed by atoms with Crippen LogP contribution < -0.4 is 0 Å². The van der Waals surface area contributed by atoms with Crippen LogP contribution in [0, 0.1) is 24.2 Å². The Labute approximate surface area is 91.7 Å². The standard InChI is InChI=1S/C13H17O2/c1-3-12(13(14)15-2)10-9-11-7-5-4-6-8-11/h4,7,12H,3,5-6,8H2,1-2H3. The fraction of sp³-hybridized carbons (Fsp3) is 0.538. The number of hydrogen-bond donors (Lipinski definition) is 0. The number of rotatable bonds is 2. The number of carbonyl (C=O) groups excluding carboxylic acids is 1. The van der Waals surface area contributed by atoms with Gasteiger partial charge in [0.25, 0.3) is 0 Å². The van der Waals surface area contributed by atoms with Gasteiger partial charge in [0, 0.05) is 0 Å². The van der Waals surface area contributed by atoms with E-state index in [-0.39, 0.29) is 11.9 Å². The molecular weight excluding hydrogens is 188 g/mol. The van der Waals surface area contributed by atoms with Crippen molar-refractivity contribution in [1.82, 2.24) is 0 Å². The maximum absolute atomic E-state index is 11.3. The lowest BCUT2D eigenvalue weighted by Gasteiger charge is -2.07. The summed E-state index contributed by atoms with van der Waals surface area (Å²) in [7, 11) is 1.40. The molecule has 0 aromatic rings. The quantitative estimate of drug-likeness (QED) is 0.511. The molecule has 81 valence electrons. The third-order valence-electron chi connectivity index (χ3n) is 2.45. The molecule has 0 amide bonds. The smallest absolute Gasteiger partial charge is 0.320 e. The van der Waals surface area contributed by atoms with E-state index in [1.54, 1.807) is 0 Å². The number of methoxy groups -OCH3 is 1. The molecule has 0 heterocycles. The molecular formula is C13H17O2. The van der Waals surface area contributed by atoms with E-state index >= 15 is 0 Å². The van der Waals surface area contributed by atoms with Gasteiger partial charge in [0.05, 0.1) is 7.11 Å². The number of carbonyl (C=O) groups is 1. The largest absolute Gasteiger partial charge is 0.468 e. The van der Waals surface area contributed by atoms with Gasteiger partial charge in [-0.1, -0.05) is 24.8 Å². The molecule has 1 aliphatic rings. The highest BCUT2D eigenvalue weighted by molar-refractivity contribution is 5.75. The van der Waals surface area contributed by atoms with Crippen LogP contribution in [0.2, 0.25) is 0 Å². The highest BCUT2D eigenvalue weighted by atomic mass is 16.5. The maximum Gasteiger partial charge on any atom is 0.320 e. The van der Waals surface area contributed by atoms with E-state index in [0.717, 1.165) is 24.8 Å². The van der Waals surface area contributed by atoms with Crippen LogP contribution in [0.3, 0.4) is 0 Å². The first-order valence-corrected chi connectivity index (χ1v) is 5.38. The fourth-order valence-corrected chi connectivity index (χ4v) is 1.47. The van der Waals surface area contributed by atoms with Crippen LogP contribution >= 0.6 is 0 Å². The van der Waals surface area contributed by atoms with E-state index in [4.69, 9.17) is 0 Å². The summed E-state index contributed by atoms with van der Waals surface area (Å²) in [6.07, 6.45) is 8.17. The normalized spacial score (nSPS) is 17.1. The first-order valence-electron chi connectivity index (χ1n) is 5.38. The monoisotopic (exact) mass is 205 g/mol. The van der Waals surface area contributed by atoms with E-state index in [0.29, 0.717) is 6.42 Å². The van der Waals surface area contributed by atoms with Gasteiger partial charge in [-0.2, -0.15) is 0 Å². The van der Waals surface area contributed by atoms with Crippen LogP contribution in [0.5, 0.6) is 0 Å². The van der Waals surface area contributed by atoms with Crippen LogP contribution in [0.4, 0.5) is 0 Å². The summed E-state index contributed by atoms with van der Waals surface area (Å²) in [5.41, 5.74) is 1.15. The molecule has 2 nitrogen and oxygen atoms in total. The van der Waals surface area contributed by atoms with Crippen molar-refractivity contribution in [2.24, 2.45) is 5.92 Å². The Kier molecular flexibility index (Phi) is 4.97. The SMILES string of the molecule is CCC(C#CC1=CC[CH]CC1)C(=O)OC. The molecule has 0 saturated carbocycles. The molecule has 0 N–H and O–H groups in total. The molecule has 0 saturated heterocycles. The first-order chi connectivity index (χ1) is 7.27. The van der Waals surface area contributed by atoms with Gasteiger partial charge < -0.3 is 4.74 Å². The van der Waals surface area contributed by atoms with Crippen molar-refractivity contribution in [3.63, 3.8) is 0 Å². The van der Waals surface area contributed by atoms with Gasteiger partial charge in [-0.25, -0.2) is 0 Å². The highest BCUT2D eigenvalue weighted by Crippen LogP contribution is 2.15. The molecule has 1 aliphatic carbocycles. The predicted molar refractivity (Wildman–Crippen MR) is 59.8 cm³/mol. The lowest BCUT2D eigenvalue weighted by molar-refractivity contribution is -0.143. The molecule has 1 atom stereocenters. The lowest BCUT2D eigenvalue weighted by Crippen LogP contribution is -2.13. The van der Waals surface area contributed by atoms with Crippen molar-refractivity contribution in [2.45, 2.75) is 32.6 Å².